The minimum atomic E-state index is 0.714. The maximum Gasteiger partial charge on any atom is 0.0967 e. The van der Waals surface area contributed by atoms with E-state index in [1.807, 2.05) is 32.2 Å². The Morgan fingerprint density at radius 1 is 0.354 bits per heavy atom. The molecule has 12 heteroatoms. The average molecular weight is 643 g/mol. The van der Waals surface area contributed by atoms with Crippen molar-refractivity contribution in [1.82, 2.24) is 59.7 Å². The monoisotopic (exact) mass is 642 g/mol. The Kier molecular flexibility index (Phi) is 10.3. The van der Waals surface area contributed by atoms with Gasteiger partial charge in [0.15, 0.2) is 0 Å². The van der Waals surface area contributed by atoms with Crippen LogP contribution in [-0.4, -0.2) is 98.9 Å². The zero-order valence-corrected chi connectivity index (χ0v) is 27.2. The van der Waals surface area contributed by atoms with E-state index in [1.165, 1.54) is 16.7 Å². The van der Waals surface area contributed by atoms with E-state index in [-0.39, 0.29) is 0 Å². The lowest BCUT2D eigenvalue weighted by Crippen LogP contribution is -2.35. The Balaban J connectivity index is 1.02. The lowest BCUT2D eigenvalue weighted by atomic mass is 10.2. The molecule has 1 aliphatic rings. The number of benzene rings is 3. The SMILES string of the molecule is c1ccc(Cn2cc(CN3CCN(Cc4cn(Cc5ccccc5)nn4)CCN(Cc4cn(Cc5ccccc5)nn4)CC3)nn2)cc1. The largest absolute Gasteiger partial charge is 0.295 e. The van der Waals surface area contributed by atoms with Gasteiger partial charge in [-0.15, -0.1) is 15.3 Å². The molecule has 6 aromatic rings. The van der Waals surface area contributed by atoms with Crippen molar-refractivity contribution in [2.75, 3.05) is 39.3 Å². The summed E-state index contributed by atoms with van der Waals surface area (Å²) >= 11 is 0. The first-order chi connectivity index (χ1) is 23.7. The summed E-state index contributed by atoms with van der Waals surface area (Å²) in [6, 6.07) is 31.2. The third kappa shape index (κ3) is 9.06. The fourth-order valence-electron chi connectivity index (χ4n) is 6.12. The van der Waals surface area contributed by atoms with Gasteiger partial charge in [0.2, 0.25) is 0 Å². The van der Waals surface area contributed by atoms with Crippen LogP contribution < -0.4 is 0 Å². The van der Waals surface area contributed by atoms with E-state index >= 15 is 0 Å². The van der Waals surface area contributed by atoms with Crippen molar-refractivity contribution in [1.29, 1.82) is 0 Å². The summed E-state index contributed by atoms with van der Waals surface area (Å²) in [7, 11) is 0. The molecule has 0 spiro atoms. The van der Waals surface area contributed by atoms with E-state index < -0.39 is 0 Å². The summed E-state index contributed by atoms with van der Waals surface area (Å²) < 4.78 is 5.78. The Hall–Kier alpha value is -5.04. The fraction of sp³-hybridized carbons (Fsp3) is 0.333. The normalized spacial score (nSPS) is 15.2. The maximum absolute atomic E-state index is 4.53. The summed E-state index contributed by atoms with van der Waals surface area (Å²) in [5.41, 5.74) is 6.58. The molecule has 48 heavy (non-hydrogen) atoms. The highest BCUT2D eigenvalue weighted by Gasteiger charge is 2.20. The molecule has 0 unspecified atom stereocenters. The molecule has 0 atom stereocenters. The summed E-state index contributed by atoms with van der Waals surface area (Å²) in [5.74, 6) is 0. The Bertz CT molecular complexity index is 1590. The van der Waals surface area contributed by atoms with Crippen LogP contribution in [0.4, 0.5) is 0 Å². The Morgan fingerprint density at radius 3 is 0.896 bits per heavy atom. The molecule has 0 radical (unpaired) electrons. The first kappa shape index (κ1) is 31.6. The highest BCUT2D eigenvalue weighted by atomic mass is 15.4. The topological polar surface area (TPSA) is 102 Å². The van der Waals surface area contributed by atoms with Gasteiger partial charge in [0.05, 0.1) is 55.3 Å². The van der Waals surface area contributed by atoms with Gasteiger partial charge >= 0.3 is 0 Å². The van der Waals surface area contributed by atoms with Gasteiger partial charge in [0.1, 0.15) is 0 Å². The van der Waals surface area contributed by atoms with Crippen LogP contribution in [0.25, 0.3) is 0 Å². The lowest BCUT2D eigenvalue weighted by molar-refractivity contribution is 0.206. The van der Waals surface area contributed by atoms with E-state index in [9.17, 15) is 0 Å². The highest BCUT2D eigenvalue weighted by molar-refractivity contribution is 5.16. The molecule has 7 rings (SSSR count). The second kappa shape index (κ2) is 15.7. The number of nitrogens with zero attached hydrogens (tertiary/aromatic N) is 12. The van der Waals surface area contributed by atoms with Crippen molar-refractivity contribution in [2.45, 2.75) is 39.3 Å². The second-order valence-corrected chi connectivity index (χ2v) is 12.5. The average Bonchev–Trinajstić information content (AvgIpc) is 3.88. The van der Waals surface area contributed by atoms with E-state index in [2.05, 4.69) is 137 Å². The number of hydrogen-bond acceptors (Lipinski definition) is 9. The van der Waals surface area contributed by atoms with Crippen LogP contribution in [0, 0.1) is 0 Å². The molecule has 0 amide bonds. The molecule has 0 aliphatic carbocycles. The van der Waals surface area contributed by atoms with Crippen molar-refractivity contribution < 1.29 is 0 Å². The molecule has 4 heterocycles. The van der Waals surface area contributed by atoms with Gasteiger partial charge in [-0.05, 0) is 16.7 Å². The minimum Gasteiger partial charge on any atom is -0.295 e. The third-order valence-electron chi connectivity index (χ3n) is 8.67. The van der Waals surface area contributed by atoms with Crippen molar-refractivity contribution in [3.63, 3.8) is 0 Å². The predicted molar refractivity (Wildman–Crippen MR) is 183 cm³/mol. The van der Waals surface area contributed by atoms with E-state index in [0.29, 0.717) is 19.6 Å². The number of rotatable bonds is 12. The first-order valence-electron chi connectivity index (χ1n) is 16.7. The van der Waals surface area contributed by atoms with Gasteiger partial charge in [-0.25, -0.2) is 14.0 Å². The molecule has 0 saturated carbocycles. The zero-order chi connectivity index (χ0) is 32.4. The molecule has 1 aliphatic heterocycles. The summed E-state index contributed by atoms with van der Waals surface area (Å²) in [4.78, 5) is 7.46. The Labute approximate surface area is 281 Å². The summed E-state index contributed by atoms with van der Waals surface area (Å²) in [6.07, 6.45) is 6.22. The van der Waals surface area contributed by atoms with Gasteiger partial charge in [0, 0.05) is 58.9 Å². The second-order valence-electron chi connectivity index (χ2n) is 12.5. The number of hydrogen-bond donors (Lipinski definition) is 0. The highest BCUT2D eigenvalue weighted by Crippen LogP contribution is 2.12. The summed E-state index contributed by atoms with van der Waals surface area (Å²) in [5, 5.41) is 26.9. The lowest BCUT2D eigenvalue weighted by Gasteiger charge is -2.24. The quantitative estimate of drug-likeness (QED) is 0.199. The van der Waals surface area contributed by atoms with Gasteiger partial charge in [-0.1, -0.05) is 107 Å². The van der Waals surface area contributed by atoms with E-state index in [0.717, 1.165) is 76.0 Å². The molecule has 3 aromatic heterocycles. The fourth-order valence-corrected chi connectivity index (χ4v) is 6.12. The van der Waals surface area contributed by atoms with Crippen LogP contribution in [0.3, 0.4) is 0 Å². The van der Waals surface area contributed by atoms with Crippen LogP contribution in [0.1, 0.15) is 33.8 Å². The standard InChI is InChI=1S/C36H42N12/c1-4-10-31(11-5-1)22-46-28-34(37-40-46)25-43-16-18-44(26-35-29-47(41-38-35)23-32-12-6-2-7-13-32)20-21-45(19-17-43)27-36-30-48(42-39-36)24-33-14-8-3-9-15-33/h1-15,28-30H,16-27H2. The van der Waals surface area contributed by atoms with Gasteiger partial charge in [0.25, 0.3) is 0 Å². The molecular weight excluding hydrogens is 600 g/mol. The third-order valence-corrected chi connectivity index (χ3v) is 8.67. The zero-order valence-electron chi connectivity index (χ0n) is 27.2. The Morgan fingerprint density at radius 2 is 0.625 bits per heavy atom. The molecule has 0 N–H and O–H groups in total. The minimum absolute atomic E-state index is 0.714. The molecule has 12 nitrogen and oxygen atoms in total. The van der Waals surface area contributed by atoms with Crippen LogP contribution in [0.5, 0.6) is 0 Å². The van der Waals surface area contributed by atoms with Crippen LogP contribution in [0.2, 0.25) is 0 Å². The molecule has 1 saturated heterocycles. The van der Waals surface area contributed by atoms with Crippen molar-refractivity contribution >= 4 is 0 Å². The summed E-state index contributed by atoms with van der Waals surface area (Å²) in [6.45, 7) is 9.91. The molecular formula is C36H42N12. The van der Waals surface area contributed by atoms with Gasteiger partial charge in [-0.2, -0.15) is 0 Å². The van der Waals surface area contributed by atoms with E-state index in [4.69, 9.17) is 0 Å². The maximum atomic E-state index is 4.53. The van der Waals surface area contributed by atoms with Gasteiger partial charge in [-0.3, -0.25) is 14.7 Å². The van der Waals surface area contributed by atoms with Crippen molar-refractivity contribution in [3.8, 4) is 0 Å². The van der Waals surface area contributed by atoms with Crippen molar-refractivity contribution in [3.05, 3.63) is 143 Å². The van der Waals surface area contributed by atoms with Crippen LogP contribution in [-0.2, 0) is 39.3 Å². The smallest absolute Gasteiger partial charge is 0.0967 e. The van der Waals surface area contributed by atoms with Gasteiger partial charge < -0.3 is 0 Å². The molecule has 1 fully saturated rings. The van der Waals surface area contributed by atoms with Crippen LogP contribution in [0.15, 0.2) is 110 Å². The molecule has 3 aromatic carbocycles. The molecule has 246 valence electrons. The first-order valence-corrected chi connectivity index (χ1v) is 16.7. The predicted octanol–water partition coefficient (Wildman–Crippen LogP) is 3.43. The molecule has 0 bridgehead atoms. The number of aromatic nitrogens is 9. The van der Waals surface area contributed by atoms with Crippen LogP contribution >= 0.6 is 0 Å². The van der Waals surface area contributed by atoms with Crippen molar-refractivity contribution in [2.24, 2.45) is 0 Å². The van der Waals surface area contributed by atoms with E-state index in [1.54, 1.807) is 0 Å².